The maximum absolute atomic E-state index is 5.58. The number of rotatable bonds is 4. The highest BCUT2D eigenvalue weighted by Crippen LogP contribution is 2.22. The summed E-state index contributed by atoms with van der Waals surface area (Å²) in [5.74, 6) is 2.80. The quantitative estimate of drug-likeness (QED) is 0.803. The molecule has 0 spiro atoms. The Morgan fingerprint density at radius 2 is 1.94 bits per heavy atom. The largest absolute Gasteiger partial charge is 0.293 e. The minimum absolute atomic E-state index is 0.00907. The molecule has 86 valence electrons. The number of thiophene rings is 1. The van der Waals surface area contributed by atoms with Gasteiger partial charge in [-0.3, -0.25) is 5.32 Å². The van der Waals surface area contributed by atoms with Gasteiger partial charge in [0, 0.05) is 10.9 Å². The first-order valence-electron chi connectivity index (χ1n) is 5.62. The van der Waals surface area contributed by atoms with Gasteiger partial charge in [0.25, 0.3) is 0 Å². The number of nitrogens with one attached hydrogen (secondary N) is 1. The minimum Gasteiger partial charge on any atom is -0.293 e. The van der Waals surface area contributed by atoms with E-state index in [1.807, 2.05) is 24.3 Å². The van der Waals surface area contributed by atoms with Crippen LogP contribution in [0.25, 0.3) is 0 Å². The van der Waals surface area contributed by atoms with Gasteiger partial charge < -0.3 is 0 Å². The lowest BCUT2D eigenvalue weighted by molar-refractivity contribution is 0.542. The summed E-state index contributed by atoms with van der Waals surface area (Å²) in [6.45, 7) is 2.13. The van der Waals surface area contributed by atoms with Crippen LogP contribution in [0, 0.1) is 12.3 Å². The average molecular weight is 241 g/mol. The second-order valence-electron chi connectivity index (χ2n) is 3.91. The van der Waals surface area contributed by atoms with Crippen LogP contribution in [0.2, 0.25) is 0 Å². The molecule has 0 aliphatic rings. The number of hydrogen-bond acceptors (Lipinski definition) is 2. The van der Waals surface area contributed by atoms with Crippen molar-refractivity contribution in [3.05, 3.63) is 58.3 Å². The Kier molecular flexibility index (Phi) is 3.98. The van der Waals surface area contributed by atoms with Crippen molar-refractivity contribution in [3.63, 3.8) is 0 Å². The van der Waals surface area contributed by atoms with Crippen molar-refractivity contribution in [1.82, 2.24) is 5.32 Å². The molecule has 1 aromatic heterocycles. The Bertz CT molecular complexity index is 481. The van der Waals surface area contributed by atoms with Crippen LogP contribution in [0.1, 0.15) is 29.4 Å². The number of hydrogen-bond donors (Lipinski definition) is 1. The predicted octanol–water partition coefficient (Wildman–Crippen LogP) is 3.77. The molecule has 1 N–H and O–H groups in total. The van der Waals surface area contributed by atoms with Gasteiger partial charge in [0.15, 0.2) is 0 Å². The summed E-state index contributed by atoms with van der Waals surface area (Å²) in [4.78, 5) is 1.19. The van der Waals surface area contributed by atoms with Crippen molar-refractivity contribution < 1.29 is 0 Å². The lowest BCUT2D eigenvalue weighted by Crippen LogP contribution is -2.22. The van der Waals surface area contributed by atoms with Crippen LogP contribution in [0.5, 0.6) is 0 Å². The Hall–Kier alpha value is -1.56. The fourth-order valence-electron chi connectivity index (χ4n) is 1.76. The van der Waals surface area contributed by atoms with E-state index in [4.69, 9.17) is 6.42 Å². The van der Waals surface area contributed by atoms with Crippen molar-refractivity contribution in [3.8, 4) is 12.3 Å². The molecular weight excluding hydrogens is 226 g/mol. The lowest BCUT2D eigenvalue weighted by atomic mass is 10.1. The molecule has 1 nitrogen and oxygen atoms in total. The van der Waals surface area contributed by atoms with Crippen molar-refractivity contribution in [2.24, 2.45) is 0 Å². The molecule has 0 amide bonds. The SMILES string of the molecule is C#CC(NC(C)c1ccccc1)c1cccs1. The third kappa shape index (κ3) is 2.97. The van der Waals surface area contributed by atoms with Gasteiger partial charge in [-0.2, -0.15) is 0 Å². The second-order valence-corrected chi connectivity index (χ2v) is 4.89. The summed E-state index contributed by atoms with van der Waals surface area (Å²) in [6.07, 6.45) is 5.58. The first-order chi connectivity index (χ1) is 8.31. The van der Waals surface area contributed by atoms with E-state index in [1.54, 1.807) is 11.3 Å². The van der Waals surface area contributed by atoms with E-state index in [0.717, 1.165) is 0 Å². The summed E-state index contributed by atoms with van der Waals surface area (Å²) >= 11 is 1.69. The van der Waals surface area contributed by atoms with E-state index in [9.17, 15) is 0 Å². The molecule has 1 aromatic carbocycles. The number of benzene rings is 1. The molecule has 2 atom stereocenters. The summed E-state index contributed by atoms with van der Waals surface area (Å²) < 4.78 is 0. The number of terminal acetylenes is 1. The minimum atomic E-state index is -0.00907. The summed E-state index contributed by atoms with van der Waals surface area (Å²) in [5, 5.41) is 5.51. The van der Waals surface area contributed by atoms with Crippen LogP contribution in [0.3, 0.4) is 0 Å². The van der Waals surface area contributed by atoms with Crippen LogP contribution in [-0.4, -0.2) is 0 Å². The molecule has 17 heavy (non-hydrogen) atoms. The van der Waals surface area contributed by atoms with E-state index in [2.05, 4.69) is 41.7 Å². The monoisotopic (exact) mass is 241 g/mol. The molecule has 2 rings (SSSR count). The molecule has 0 aliphatic carbocycles. The van der Waals surface area contributed by atoms with Crippen LogP contribution in [-0.2, 0) is 0 Å². The van der Waals surface area contributed by atoms with Gasteiger partial charge in [0.2, 0.25) is 0 Å². The summed E-state index contributed by atoms with van der Waals surface area (Å²) in [6, 6.07) is 14.7. The highest BCUT2D eigenvalue weighted by atomic mass is 32.1. The van der Waals surface area contributed by atoms with Gasteiger partial charge in [-0.25, -0.2) is 0 Å². The first kappa shape index (κ1) is 11.9. The predicted molar refractivity (Wildman–Crippen MR) is 73.9 cm³/mol. The fourth-order valence-corrected chi connectivity index (χ4v) is 2.50. The normalized spacial score (nSPS) is 13.9. The molecule has 0 radical (unpaired) electrons. The third-order valence-electron chi connectivity index (χ3n) is 2.71. The Morgan fingerprint density at radius 1 is 1.18 bits per heavy atom. The molecule has 2 heteroatoms. The zero-order chi connectivity index (χ0) is 12.1. The van der Waals surface area contributed by atoms with Gasteiger partial charge in [-0.15, -0.1) is 17.8 Å². The zero-order valence-corrected chi connectivity index (χ0v) is 10.6. The Labute approximate surface area is 107 Å². The zero-order valence-electron chi connectivity index (χ0n) is 9.76. The molecule has 0 aliphatic heterocycles. The van der Waals surface area contributed by atoms with Gasteiger partial charge in [-0.05, 0) is 23.9 Å². The fraction of sp³-hybridized carbons (Fsp3) is 0.200. The van der Waals surface area contributed by atoms with E-state index in [0.29, 0.717) is 0 Å². The highest BCUT2D eigenvalue weighted by Gasteiger charge is 2.13. The van der Waals surface area contributed by atoms with Crippen LogP contribution in [0.4, 0.5) is 0 Å². The van der Waals surface area contributed by atoms with E-state index in [-0.39, 0.29) is 12.1 Å². The molecule has 1 heterocycles. The first-order valence-corrected chi connectivity index (χ1v) is 6.49. The van der Waals surface area contributed by atoms with Crippen LogP contribution >= 0.6 is 11.3 Å². The lowest BCUT2D eigenvalue weighted by Gasteiger charge is -2.18. The van der Waals surface area contributed by atoms with Gasteiger partial charge in [-0.1, -0.05) is 42.3 Å². The molecule has 0 saturated carbocycles. The van der Waals surface area contributed by atoms with E-state index in [1.165, 1.54) is 10.4 Å². The Balaban J connectivity index is 2.08. The van der Waals surface area contributed by atoms with E-state index >= 15 is 0 Å². The maximum Gasteiger partial charge on any atom is 0.104 e. The average Bonchev–Trinajstić information content (AvgIpc) is 2.90. The third-order valence-corrected chi connectivity index (χ3v) is 3.65. The van der Waals surface area contributed by atoms with Gasteiger partial charge >= 0.3 is 0 Å². The summed E-state index contributed by atoms with van der Waals surface area (Å²) in [7, 11) is 0. The molecule has 2 unspecified atom stereocenters. The Morgan fingerprint density at radius 3 is 2.53 bits per heavy atom. The van der Waals surface area contributed by atoms with Crippen LogP contribution in [0.15, 0.2) is 47.8 Å². The van der Waals surface area contributed by atoms with Crippen molar-refractivity contribution in [2.45, 2.75) is 19.0 Å². The topological polar surface area (TPSA) is 12.0 Å². The van der Waals surface area contributed by atoms with Gasteiger partial charge in [0.05, 0.1) is 0 Å². The van der Waals surface area contributed by atoms with Crippen molar-refractivity contribution in [2.75, 3.05) is 0 Å². The highest BCUT2D eigenvalue weighted by molar-refractivity contribution is 7.10. The molecule has 0 fully saturated rings. The smallest absolute Gasteiger partial charge is 0.104 e. The molecular formula is C15H15NS. The maximum atomic E-state index is 5.58. The van der Waals surface area contributed by atoms with Crippen molar-refractivity contribution in [1.29, 1.82) is 0 Å². The summed E-state index contributed by atoms with van der Waals surface area (Å²) in [5.41, 5.74) is 1.25. The molecule has 0 saturated heterocycles. The second kappa shape index (κ2) is 5.67. The standard InChI is InChI=1S/C15H15NS/c1-3-14(15-10-7-11-17-15)16-12(2)13-8-5-4-6-9-13/h1,4-12,14,16H,2H3. The van der Waals surface area contributed by atoms with Crippen molar-refractivity contribution >= 4 is 11.3 Å². The van der Waals surface area contributed by atoms with Gasteiger partial charge in [0.1, 0.15) is 6.04 Å². The van der Waals surface area contributed by atoms with E-state index < -0.39 is 0 Å². The molecule has 0 bridgehead atoms. The molecule has 2 aromatic rings. The van der Waals surface area contributed by atoms with Crippen LogP contribution < -0.4 is 5.32 Å².